The van der Waals surface area contributed by atoms with Crippen LogP contribution in [-0.4, -0.2) is 45.9 Å². The van der Waals surface area contributed by atoms with Gasteiger partial charge in [0.1, 0.15) is 0 Å². The summed E-state index contributed by atoms with van der Waals surface area (Å²) in [5.41, 5.74) is 0. The van der Waals surface area contributed by atoms with Crippen molar-refractivity contribution in [2.75, 3.05) is 27.2 Å². The van der Waals surface area contributed by atoms with E-state index in [4.69, 9.17) is 0 Å². The lowest BCUT2D eigenvalue weighted by atomic mass is 10.2. The zero-order valence-electron chi connectivity index (χ0n) is 11.0. The van der Waals surface area contributed by atoms with Crippen LogP contribution in [0.2, 0.25) is 0 Å². The number of carbonyl (C=O) groups excluding carboxylic acids is 1. The van der Waals surface area contributed by atoms with Crippen molar-refractivity contribution < 1.29 is 17.9 Å². The van der Waals surface area contributed by atoms with E-state index < -0.39 is 16.2 Å². The van der Waals surface area contributed by atoms with Gasteiger partial charge in [0.25, 0.3) is 10.2 Å². The molecule has 0 atom stereocenters. The van der Waals surface area contributed by atoms with E-state index in [9.17, 15) is 13.2 Å². The third-order valence-electron chi connectivity index (χ3n) is 3.04. The average molecular weight is 278 g/mol. The number of ether oxygens (including phenoxy) is 1. The number of hydrogen-bond acceptors (Lipinski definition) is 4. The molecular weight excluding hydrogens is 256 g/mol. The third kappa shape index (κ3) is 5.79. The van der Waals surface area contributed by atoms with Crippen molar-refractivity contribution in [3.05, 3.63) is 0 Å². The molecule has 1 fully saturated rings. The Bertz CT molecular complexity index is 365. The molecule has 6 nitrogen and oxygen atoms in total. The van der Waals surface area contributed by atoms with Crippen molar-refractivity contribution in [3.8, 4) is 0 Å². The van der Waals surface area contributed by atoms with Crippen LogP contribution in [0.4, 0.5) is 0 Å². The largest absolute Gasteiger partial charge is 0.469 e. The first-order valence-corrected chi connectivity index (χ1v) is 7.67. The maximum atomic E-state index is 11.8. The Balaban J connectivity index is 2.20. The van der Waals surface area contributed by atoms with Gasteiger partial charge in [-0.05, 0) is 18.8 Å². The quantitative estimate of drug-likeness (QED) is 0.492. The van der Waals surface area contributed by atoms with Gasteiger partial charge in [0, 0.05) is 20.1 Å². The Morgan fingerprint density at radius 2 is 2.11 bits per heavy atom. The van der Waals surface area contributed by atoms with Gasteiger partial charge >= 0.3 is 5.97 Å². The van der Waals surface area contributed by atoms with Crippen LogP contribution in [0.25, 0.3) is 0 Å². The molecule has 1 aliphatic rings. The fourth-order valence-electron chi connectivity index (χ4n) is 1.58. The number of methoxy groups -OCH3 is 1. The molecule has 1 rings (SSSR count). The first-order valence-electron chi connectivity index (χ1n) is 6.23. The summed E-state index contributed by atoms with van der Waals surface area (Å²) in [6.07, 6.45) is 4.59. The summed E-state index contributed by atoms with van der Waals surface area (Å²) in [7, 11) is -0.731. The van der Waals surface area contributed by atoms with Gasteiger partial charge in [-0.3, -0.25) is 4.79 Å². The summed E-state index contributed by atoms with van der Waals surface area (Å²) in [6, 6.07) is 0. The van der Waals surface area contributed by atoms with Crippen LogP contribution < -0.4 is 4.72 Å². The van der Waals surface area contributed by atoms with Gasteiger partial charge in [-0.25, -0.2) is 4.72 Å². The van der Waals surface area contributed by atoms with Gasteiger partial charge in [-0.15, -0.1) is 0 Å². The summed E-state index contributed by atoms with van der Waals surface area (Å²) in [5.74, 6) is 0.400. The van der Waals surface area contributed by atoms with Crippen LogP contribution in [0.1, 0.15) is 32.1 Å². The van der Waals surface area contributed by atoms with E-state index >= 15 is 0 Å². The van der Waals surface area contributed by atoms with Crippen molar-refractivity contribution >= 4 is 16.2 Å². The number of hydrogen-bond donors (Lipinski definition) is 1. The fourth-order valence-corrected chi connectivity index (χ4v) is 2.53. The molecule has 18 heavy (non-hydrogen) atoms. The summed E-state index contributed by atoms with van der Waals surface area (Å²) in [6.45, 7) is 0.589. The highest BCUT2D eigenvalue weighted by molar-refractivity contribution is 7.87. The molecule has 0 amide bonds. The van der Waals surface area contributed by atoms with Gasteiger partial charge in [0.2, 0.25) is 0 Å². The minimum absolute atomic E-state index is 0.0655. The molecule has 1 aliphatic carbocycles. The van der Waals surface area contributed by atoms with Crippen LogP contribution in [0.15, 0.2) is 0 Å². The molecule has 0 saturated heterocycles. The van der Waals surface area contributed by atoms with Gasteiger partial charge < -0.3 is 4.74 Å². The van der Waals surface area contributed by atoms with E-state index in [1.807, 2.05) is 0 Å². The second kappa shape index (κ2) is 7.06. The normalized spacial score (nSPS) is 15.9. The predicted octanol–water partition coefficient (Wildman–Crippen LogP) is 0.506. The lowest BCUT2D eigenvalue weighted by molar-refractivity contribution is -0.140. The van der Waals surface area contributed by atoms with Gasteiger partial charge in [0.05, 0.1) is 13.5 Å². The van der Waals surface area contributed by atoms with Crippen LogP contribution in [0.5, 0.6) is 0 Å². The Morgan fingerprint density at radius 3 is 2.67 bits per heavy atom. The van der Waals surface area contributed by atoms with Crippen LogP contribution in [0, 0.1) is 5.92 Å². The Labute approximate surface area is 109 Å². The van der Waals surface area contributed by atoms with Crippen LogP contribution >= 0.6 is 0 Å². The second-order valence-corrected chi connectivity index (χ2v) is 6.49. The highest BCUT2D eigenvalue weighted by Crippen LogP contribution is 2.33. The molecular formula is C11H22N2O4S. The molecule has 0 aromatic rings. The molecule has 106 valence electrons. The topological polar surface area (TPSA) is 75.7 Å². The number of esters is 1. The van der Waals surface area contributed by atoms with E-state index in [1.54, 1.807) is 0 Å². The first-order chi connectivity index (χ1) is 8.45. The van der Waals surface area contributed by atoms with E-state index in [-0.39, 0.29) is 13.0 Å². The van der Waals surface area contributed by atoms with Crippen molar-refractivity contribution in [1.82, 2.24) is 9.03 Å². The molecule has 0 aliphatic heterocycles. The smallest absolute Gasteiger partial charge is 0.306 e. The predicted molar refractivity (Wildman–Crippen MR) is 68.1 cm³/mol. The number of carbonyl (C=O) groups is 1. The van der Waals surface area contributed by atoms with Crippen molar-refractivity contribution in [3.63, 3.8) is 0 Å². The molecule has 1 N–H and O–H groups in total. The zero-order chi connectivity index (χ0) is 13.6. The maximum absolute atomic E-state index is 11.8. The minimum Gasteiger partial charge on any atom is -0.469 e. The molecule has 1 saturated carbocycles. The first kappa shape index (κ1) is 15.4. The Kier molecular flexibility index (Phi) is 6.04. The highest BCUT2D eigenvalue weighted by atomic mass is 32.2. The second-order valence-electron chi connectivity index (χ2n) is 4.63. The van der Waals surface area contributed by atoms with E-state index in [0.717, 1.165) is 23.1 Å². The molecule has 0 aromatic carbocycles. The molecule has 0 aromatic heterocycles. The standard InChI is InChI=1S/C11H22N2O4S/c1-13(9-7-11(14)17-2)18(15,16)12-8-3-4-10-5-6-10/h10,12H,3-9H2,1-2H3. The van der Waals surface area contributed by atoms with Crippen molar-refractivity contribution in [1.29, 1.82) is 0 Å². The molecule has 0 unspecified atom stereocenters. The molecule has 0 spiro atoms. The van der Waals surface area contributed by atoms with Crippen molar-refractivity contribution in [2.24, 2.45) is 5.92 Å². The number of nitrogens with zero attached hydrogens (tertiary/aromatic N) is 1. The molecule has 0 heterocycles. The van der Waals surface area contributed by atoms with Crippen molar-refractivity contribution in [2.45, 2.75) is 32.1 Å². The molecule has 0 bridgehead atoms. The number of nitrogens with one attached hydrogen (secondary N) is 1. The third-order valence-corrected chi connectivity index (χ3v) is 4.61. The van der Waals surface area contributed by atoms with Crippen LogP contribution in [0.3, 0.4) is 0 Å². The lowest BCUT2D eigenvalue weighted by Gasteiger charge is -2.16. The number of rotatable bonds is 9. The summed E-state index contributed by atoms with van der Waals surface area (Å²) in [4.78, 5) is 10.9. The monoisotopic (exact) mass is 278 g/mol. The summed E-state index contributed by atoms with van der Waals surface area (Å²) in [5, 5.41) is 0. The minimum atomic E-state index is -3.47. The maximum Gasteiger partial charge on any atom is 0.306 e. The zero-order valence-corrected chi connectivity index (χ0v) is 11.8. The van der Waals surface area contributed by atoms with E-state index in [0.29, 0.717) is 6.54 Å². The summed E-state index contributed by atoms with van der Waals surface area (Å²) >= 11 is 0. The average Bonchev–Trinajstić information content (AvgIpc) is 3.15. The van der Waals surface area contributed by atoms with Gasteiger partial charge in [0.15, 0.2) is 0 Å². The fraction of sp³-hybridized carbons (Fsp3) is 0.909. The lowest BCUT2D eigenvalue weighted by Crippen LogP contribution is -2.39. The SMILES string of the molecule is COC(=O)CCN(C)S(=O)(=O)NCCCC1CC1. The Hall–Kier alpha value is -0.660. The molecule has 7 heteroatoms. The van der Waals surface area contributed by atoms with Gasteiger partial charge in [-0.2, -0.15) is 12.7 Å². The Morgan fingerprint density at radius 1 is 1.44 bits per heavy atom. The van der Waals surface area contributed by atoms with Crippen LogP contribution in [-0.2, 0) is 19.7 Å². The summed E-state index contributed by atoms with van der Waals surface area (Å²) < 4.78 is 31.6. The van der Waals surface area contributed by atoms with E-state index in [1.165, 1.54) is 27.0 Å². The van der Waals surface area contributed by atoms with E-state index in [2.05, 4.69) is 9.46 Å². The van der Waals surface area contributed by atoms with Gasteiger partial charge in [-0.1, -0.05) is 12.8 Å². The highest BCUT2D eigenvalue weighted by Gasteiger charge is 2.21. The molecule has 0 radical (unpaired) electrons.